The van der Waals surface area contributed by atoms with Crippen molar-refractivity contribution in [2.24, 2.45) is 50.2 Å². The summed E-state index contributed by atoms with van der Waals surface area (Å²) in [5.41, 5.74) is 4.09. The first-order valence-electron chi connectivity index (χ1n) is 13.6. The summed E-state index contributed by atoms with van der Waals surface area (Å²) in [6, 6.07) is 0. The Morgan fingerprint density at radius 3 is 2.16 bits per heavy atom. The third-order valence-electron chi connectivity index (χ3n) is 13.0. The van der Waals surface area contributed by atoms with Crippen LogP contribution in [0.2, 0.25) is 0 Å². The van der Waals surface area contributed by atoms with E-state index in [0.29, 0.717) is 33.0 Å². The number of rotatable bonds is 0. The molecular formula is C30H50O. The zero-order valence-corrected chi connectivity index (χ0v) is 21.9. The molecule has 5 aliphatic carbocycles. The minimum absolute atomic E-state index is 0.0533. The number of hydrogen-bond acceptors (Lipinski definition) is 1. The zero-order chi connectivity index (χ0) is 22.7. The maximum absolute atomic E-state index is 10.9. The molecule has 0 aromatic carbocycles. The normalized spacial score (nSPS) is 55.2. The summed E-state index contributed by atoms with van der Waals surface area (Å²) in [5, 5.41) is 10.9. The monoisotopic (exact) mass is 426 g/mol. The van der Waals surface area contributed by atoms with Crippen molar-refractivity contribution < 1.29 is 5.11 Å². The van der Waals surface area contributed by atoms with E-state index in [0.717, 1.165) is 18.3 Å². The molecule has 0 radical (unpaired) electrons. The highest BCUT2D eigenvalue weighted by molar-refractivity contribution is 5.33. The van der Waals surface area contributed by atoms with E-state index in [1.807, 2.05) is 5.57 Å². The van der Waals surface area contributed by atoms with Gasteiger partial charge in [0.2, 0.25) is 0 Å². The molecule has 5 aliphatic rings. The SMILES string of the molecule is CC1(C)CC[C@]2(C)CC[C@]3(C)C(=CC[C@@H]4[C@@]5(C)CCC(O)C(C)(C)C5CC[C@]43C)[C@H]2C1. The molecule has 0 spiro atoms. The first-order chi connectivity index (χ1) is 14.2. The molecule has 1 heteroatoms. The smallest absolute Gasteiger partial charge is 0.0594 e. The summed E-state index contributed by atoms with van der Waals surface area (Å²) < 4.78 is 0. The van der Waals surface area contributed by atoms with Crippen LogP contribution >= 0.6 is 0 Å². The van der Waals surface area contributed by atoms with Crippen LogP contribution < -0.4 is 0 Å². The molecule has 1 N–H and O–H groups in total. The molecule has 0 bridgehead atoms. The second-order valence-electron chi connectivity index (χ2n) is 15.2. The largest absolute Gasteiger partial charge is 0.393 e. The Morgan fingerprint density at radius 2 is 1.45 bits per heavy atom. The van der Waals surface area contributed by atoms with Gasteiger partial charge in [0.25, 0.3) is 0 Å². The van der Waals surface area contributed by atoms with Gasteiger partial charge >= 0.3 is 0 Å². The van der Waals surface area contributed by atoms with Crippen LogP contribution in [-0.2, 0) is 0 Å². The van der Waals surface area contributed by atoms with Gasteiger partial charge in [0, 0.05) is 0 Å². The van der Waals surface area contributed by atoms with Gasteiger partial charge < -0.3 is 5.11 Å². The summed E-state index contributed by atoms with van der Waals surface area (Å²) in [7, 11) is 0. The van der Waals surface area contributed by atoms with Gasteiger partial charge in [-0.3, -0.25) is 0 Å². The lowest BCUT2D eigenvalue weighted by Crippen LogP contribution is -2.64. The Labute approximate surface area is 192 Å². The summed E-state index contributed by atoms with van der Waals surface area (Å²) in [6.07, 6.45) is 15.9. The van der Waals surface area contributed by atoms with Crippen LogP contribution in [0.4, 0.5) is 0 Å². The molecule has 4 fully saturated rings. The standard InChI is InChI=1S/C30H50O/c1-25(2)15-16-27(5)17-18-29(7)20(21(27)19-25)9-10-23-28(6)13-12-24(31)26(3,4)22(28)11-14-30(23,29)8/h9,21-24,31H,10-19H2,1-8H3/t21-,22?,23-,24?,27-,28+,29-,30-/m1/s1. The molecule has 0 aromatic heterocycles. The lowest BCUT2D eigenvalue weighted by molar-refractivity contribution is -0.202. The van der Waals surface area contributed by atoms with Gasteiger partial charge in [0.05, 0.1) is 6.10 Å². The Bertz CT molecular complexity index is 790. The molecular weight excluding hydrogens is 376 g/mol. The average Bonchev–Trinajstić information content (AvgIpc) is 2.67. The van der Waals surface area contributed by atoms with Gasteiger partial charge in [-0.2, -0.15) is 0 Å². The van der Waals surface area contributed by atoms with Gasteiger partial charge in [-0.15, -0.1) is 0 Å². The Morgan fingerprint density at radius 1 is 0.774 bits per heavy atom. The predicted molar refractivity (Wildman–Crippen MR) is 131 cm³/mol. The molecule has 31 heavy (non-hydrogen) atoms. The van der Waals surface area contributed by atoms with Crippen molar-refractivity contribution >= 4 is 0 Å². The maximum atomic E-state index is 10.9. The van der Waals surface area contributed by atoms with Crippen molar-refractivity contribution in [3.05, 3.63) is 11.6 Å². The highest BCUT2D eigenvalue weighted by Crippen LogP contribution is 2.75. The third kappa shape index (κ3) is 2.77. The van der Waals surface area contributed by atoms with Crippen LogP contribution in [0.1, 0.15) is 120 Å². The topological polar surface area (TPSA) is 20.2 Å². The fourth-order valence-corrected chi connectivity index (χ4v) is 10.5. The van der Waals surface area contributed by atoms with E-state index in [4.69, 9.17) is 0 Å². The van der Waals surface area contributed by atoms with Crippen LogP contribution in [0.15, 0.2) is 11.6 Å². The second kappa shape index (κ2) is 6.43. The van der Waals surface area contributed by atoms with Crippen molar-refractivity contribution in [3.8, 4) is 0 Å². The van der Waals surface area contributed by atoms with Gasteiger partial charge in [0.15, 0.2) is 0 Å². The maximum Gasteiger partial charge on any atom is 0.0594 e. The lowest BCUT2D eigenvalue weighted by atomic mass is 9.33. The Balaban J connectivity index is 1.57. The number of aliphatic hydroxyl groups is 1. The van der Waals surface area contributed by atoms with E-state index in [2.05, 4.69) is 61.5 Å². The van der Waals surface area contributed by atoms with Gasteiger partial charge in [-0.1, -0.05) is 67.0 Å². The second-order valence-corrected chi connectivity index (χ2v) is 15.2. The molecule has 176 valence electrons. The highest BCUT2D eigenvalue weighted by atomic mass is 16.3. The lowest BCUT2D eigenvalue weighted by Gasteiger charge is -2.71. The first-order valence-corrected chi connectivity index (χ1v) is 13.6. The Hall–Kier alpha value is -0.300. The molecule has 4 saturated carbocycles. The molecule has 0 heterocycles. The zero-order valence-electron chi connectivity index (χ0n) is 21.9. The van der Waals surface area contributed by atoms with Crippen molar-refractivity contribution in [1.82, 2.24) is 0 Å². The summed E-state index contributed by atoms with van der Waals surface area (Å²) >= 11 is 0. The van der Waals surface area contributed by atoms with E-state index in [1.54, 1.807) is 0 Å². The third-order valence-corrected chi connectivity index (χ3v) is 13.0. The minimum Gasteiger partial charge on any atom is -0.393 e. The summed E-state index contributed by atoms with van der Waals surface area (Å²) in [5.74, 6) is 2.21. The quantitative estimate of drug-likeness (QED) is 0.387. The van der Waals surface area contributed by atoms with Crippen LogP contribution in [-0.4, -0.2) is 11.2 Å². The first kappa shape index (κ1) is 22.5. The van der Waals surface area contributed by atoms with Gasteiger partial charge in [-0.25, -0.2) is 0 Å². The molecule has 5 rings (SSSR count). The van der Waals surface area contributed by atoms with Crippen molar-refractivity contribution in [2.45, 2.75) is 126 Å². The molecule has 0 saturated heterocycles. The van der Waals surface area contributed by atoms with E-state index in [9.17, 15) is 5.11 Å². The number of allylic oxidation sites excluding steroid dienone is 2. The molecule has 0 amide bonds. The highest BCUT2D eigenvalue weighted by Gasteiger charge is 2.67. The number of hydrogen-bond donors (Lipinski definition) is 1. The van der Waals surface area contributed by atoms with Crippen molar-refractivity contribution in [3.63, 3.8) is 0 Å². The predicted octanol–water partition coefficient (Wildman–Crippen LogP) is 8.17. The van der Waals surface area contributed by atoms with Crippen LogP contribution in [0.25, 0.3) is 0 Å². The molecule has 1 nitrogen and oxygen atoms in total. The van der Waals surface area contributed by atoms with E-state index in [-0.39, 0.29) is 11.5 Å². The Kier molecular flexibility index (Phi) is 4.66. The van der Waals surface area contributed by atoms with Crippen molar-refractivity contribution in [1.29, 1.82) is 0 Å². The molecule has 8 atom stereocenters. The van der Waals surface area contributed by atoms with E-state index in [1.165, 1.54) is 57.8 Å². The van der Waals surface area contributed by atoms with Gasteiger partial charge in [0.1, 0.15) is 0 Å². The number of fused-ring (bicyclic) bond motifs is 7. The summed E-state index contributed by atoms with van der Waals surface area (Å²) in [4.78, 5) is 0. The molecule has 2 unspecified atom stereocenters. The van der Waals surface area contributed by atoms with Crippen molar-refractivity contribution in [2.75, 3.05) is 0 Å². The fourth-order valence-electron chi connectivity index (χ4n) is 10.5. The van der Waals surface area contributed by atoms with Crippen LogP contribution in [0.3, 0.4) is 0 Å². The molecule has 0 aromatic rings. The average molecular weight is 427 g/mol. The summed E-state index contributed by atoms with van der Waals surface area (Å²) in [6.45, 7) is 20.4. The van der Waals surface area contributed by atoms with E-state index < -0.39 is 0 Å². The fraction of sp³-hybridized carbons (Fsp3) is 0.933. The van der Waals surface area contributed by atoms with Gasteiger partial charge in [-0.05, 0) is 114 Å². The minimum atomic E-state index is -0.125. The van der Waals surface area contributed by atoms with Crippen LogP contribution in [0, 0.1) is 50.2 Å². The van der Waals surface area contributed by atoms with Crippen LogP contribution in [0.5, 0.6) is 0 Å². The van der Waals surface area contributed by atoms with E-state index >= 15 is 0 Å². The number of aliphatic hydroxyl groups excluding tert-OH is 1. The molecule has 0 aliphatic heterocycles.